The minimum Gasteiger partial charge on any atom is -0.486 e. The Bertz CT molecular complexity index is 851. The van der Waals surface area contributed by atoms with Crippen LogP contribution in [0.25, 0.3) is 0 Å². The molecule has 1 N–H and O–H groups in total. The summed E-state index contributed by atoms with van der Waals surface area (Å²) in [6.07, 6.45) is 1.28. The minimum atomic E-state index is -0.284. The van der Waals surface area contributed by atoms with Crippen LogP contribution in [-0.2, 0) is 11.3 Å². The Labute approximate surface area is 174 Å². The van der Waals surface area contributed by atoms with E-state index in [1.807, 2.05) is 24.3 Å². The molecule has 0 saturated carbocycles. The zero-order chi connectivity index (χ0) is 20.2. The van der Waals surface area contributed by atoms with Crippen molar-refractivity contribution in [2.75, 3.05) is 26.2 Å². The maximum atomic E-state index is 14.0. The highest BCUT2D eigenvalue weighted by Gasteiger charge is 2.27. The Hall–Kier alpha value is -2.31. The summed E-state index contributed by atoms with van der Waals surface area (Å²) in [5, 5.41) is 3.44. The summed E-state index contributed by atoms with van der Waals surface area (Å²) in [5.74, 6) is 1.15. The second kappa shape index (κ2) is 9.01. The van der Waals surface area contributed by atoms with Crippen molar-refractivity contribution in [3.8, 4) is 11.5 Å². The molecule has 4 rings (SSSR count). The van der Waals surface area contributed by atoms with Gasteiger partial charge in [-0.1, -0.05) is 29.8 Å². The summed E-state index contributed by atoms with van der Waals surface area (Å²) in [7, 11) is 0. The van der Waals surface area contributed by atoms with Crippen LogP contribution in [0.15, 0.2) is 42.5 Å². The molecule has 1 amide bonds. The van der Waals surface area contributed by atoms with E-state index in [4.69, 9.17) is 21.1 Å². The molecule has 0 aromatic heterocycles. The number of fused-ring (bicyclic) bond motifs is 1. The summed E-state index contributed by atoms with van der Waals surface area (Å²) in [5.41, 5.74) is 0.520. The van der Waals surface area contributed by atoms with Crippen LogP contribution in [0, 0.1) is 11.7 Å². The van der Waals surface area contributed by atoms with Crippen molar-refractivity contribution in [3.63, 3.8) is 0 Å². The van der Waals surface area contributed by atoms with Crippen molar-refractivity contribution in [1.82, 2.24) is 10.2 Å². The summed E-state index contributed by atoms with van der Waals surface area (Å²) in [4.78, 5) is 14.7. The average Bonchev–Trinajstić information content (AvgIpc) is 2.75. The topological polar surface area (TPSA) is 50.8 Å². The van der Waals surface area contributed by atoms with Crippen LogP contribution in [0.2, 0.25) is 5.02 Å². The summed E-state index contributed by atoms with van der Waals surface area (Å²) < 4.78 is 25.5. The maximum Gasteiger partial charge on any atom is 0.223 e. The Morgan fingerprint density at radius 1 is 1.14 bits per heavy atom. The van der Waals surface area contributed by atoms with E-state index in [9.17, 15) is 9.18 Å². The molecule has 1 fully saturated rings. The smallest absolute Gasteiger partial charge is 0.223 e. The second-order valence-electron chi connectivity index (χ2n) is 7.49. The number of amides is 1. The van der Waals surface area contributed by atoms with Gasteiger partial charge in [-0.15, -0.1) is 0 Å². The number of nitrogens with one attached hydrogen (secondary N) is 1. The molecule has 2 aromatic carbocycles. The molecule has 0 spiro atoms. The van der Waals surface area contributed by atoms with Gasteiger partial charge in [0.2, 0.25) is 5.91 Å². The van der Waals surface area contributed by atoms with Crippen LogP contribution in [0.5, 0.6) is 11.5 Å². The predicted octanol–water partition coefficient (Wildman–Crippen LogP) is 3.65. The third-order valence-electron chi connectivity index (χ3n) is 5.47. The lowest BCUT2D eigenvalue weighted by Gasteiger charge is -2.32. The highest BCUT2D eigenvalue weighted by Crippen LogP contribution is 2.30. The van der Waals surface area contributed by atoms with Gasteiger partial charge in [-0.05, 0) is 50.2 Å². The average molecular weight is 419 g/mol. The monoisotopic (exact) mass is 418 g/mol. The van der Waals surface area contributed by atoms with Crippen molar-refractivity contribution < 1.29 is 18.7 Å². The number of piperidine rings is 1. The van der Waals surface area contributed by atoms with Crippen molar-refractivity contribution >= 4 is 17.5 Å². The minimum absolute atomic E-state index is 0.0380. The number of halogens is 2. The van der Waals surface area contributed by atoms with E-state index in [0.29, 0.717) is 36.0 Å². The van der Waals surface area contributed by atoms with Crippen LogP contribution < -0.4 is 14.8 Å². The maximum absolute atomic E-state index is 14.0. The fourth-order valence-corrected chi connectivity index (χ4v) is 4.01. The number of likely N-dealkylation sites (tertiary alicyclic amines) is 1. The van der Waals surface area contributed by atoms with Gasteiger partial charge in [0.15, 0.2) is 11.5 Å². The molecule has 2 aliphatic rings. The number of hydrogen-bond donors (Lipinski definition) is 1. The number of carbonyl (C=O) groups excluding carboxylic acids is 1. The second-order valence-corrected chi connectivity index (χ2v) is 7.90. The molecule has 0 unspecified atom stereocenters. The van der Waals surface area contributed by atoms with Gasteiger partial charge in [-0.25, -0.2) is 4.39 Å². The number of benzene rings is 2. The number of para-hydroxylation sites is 2. The first-order valence-corrected chi connectivity index (χ1v) is 10.3. The lowest BCUT2D eigenvalue weighted by Crippen LogP contribution is -2.45. The first-order valence-electron chi connectivity index (χ1n) is 9.91. The van der Waals surface area contributed by atoms with E-state index in [1.165, 1.54) is 6.07 Å². The Morgan fingerprint density at radius 3 is 2.66 bits per heavy atom. The number of carbonyl (C=O) groups is 1. The zero-order valence-corrected chi connectivity index (χ0v) is 16.8. The molecule has 0 radical (unpaired) electrons. The highest BCUT2D eigenvalue weighted by molar-refractivity contribution is 6.31. The first-order chi connectivity index (χ1) is 14.1. The van der Waals surface area contributed by atoms with Gasteiger partial charge in [0.1, 0.15) is 18.5 Å². The van der Waals surface area contributed by atoms with Gasteiger partial charge in [-0.3, -0.25) is 9.69 Å². The molecular weight excluding hydrogens is 395 g/mol. The predicted molar refractivity (Wildman–Crippen MR) is 109 cm³/mol. The molecule has 2 aromatic rings. The summed E-state index contributed by atoms with van der Waals surface area (Å²) in [6, 6.07) is 12.3. The lowest BCUT2D eigenvalue weighted by atomic mass is 9.95. The molecule has 154 valence electrons. The number of nitrogens with zero attached hydrogens (tertiary/aromatic N) is 1. The molecule has 29 heavy (non-hydrogen) atoms. The highest BCUT2D eigenvalue weighted by atomic mass is 35.5. The van der Waals surface area contributed by atoms with Gasteiger partial charge in [0.25, 0.3) is 0 Å². The van der Waals surface area contributed by atoms with Crippen LogP contribution in [0.1, 0.15) is 18.4 Å². The molecule has 5 nitrogen and oxygen atoms in total. The van der Waals surface area contributed by atoms with Crippen LogP contribution in [-0.4, -0.2) is 43.2 Å². The van der Waals surface area contributed by atoms with E-state index in [-0.39, 0.29) is 23.7 Å². The molecular formula is C22H24ClFN2O3. The summed E-state index contributed by atoms with van der Waals surface area (Å²) in [6.45, 7) is 2.77. The number of hydrogen-bond acceptors (Lipinski definition) is 4. The van der Waals surface area contributed by atoms with Gasteiger partial charge in [-0.2, -0.15) is 0 Å². The normalized spacial score (nSPS) is 19.7. The van der Waals surface area contributed by atoms with Crippen LogP contribution >= 0.6 is 11.6 Å². The fraction of sp³-hybridized carbons (Fsp3) is 0.409. The molecule has 0 aliphatic carbocycles. The van der Waals surface area contributed by atoms with Gasteiger partial charge >= 0.3 is 0 Å². The van der Waals surface area contributed by atoms with Gasteiger partial charge in [0.05, 0.1) is 6.54 Å². The van der Waals surface area contributed by atoms with Crippen molar-refractivity contribution in [2.24, 2.45) is 5.92 Å². The molecule has 0 bridgehead atoms. The first kappa shape index (κ1) is 20.0. The largest absolute Gasteiger partial charge is 0.486 e. The van der Waals surface area contributed by atoms with E-state index in [2.05, 4.69) is 10.2 Å². The van der Waals surface area contributed by atoms with Crippen molar-refractivity contribution in [2.45, 2.75) is 25.5 Å². The van der Waals surface area contributed by atoms with E-state index >= 15 is 0 Å². The quantitative estimate of drug-likeness (QED) is 0.805. The third kappa shape index (κ3) is 4.82. The molecule has 2 heterocycles. The molecule has 1 atom stereocenters. The van der Waals surface area contributed by atoms with E-state index < -0.39 is 0 Å². The van der Waals surface area contributed by atoms with Crippen molar-refractivity contribution in [3.05, 3.63) is 58.9 Å². The Kier molecular flexibility index (Phi) is 6.21. The zero-order valence-electron chi connectivity index (χ0n) is 16.1. The van der Waals surface area contributed by atoms with Gasteiger partial charge in [0, 0.05) is 23.0 Å². The van der Waals surface area contributed by atoms with Gasteiger partial charge < -0.3 is 14.8 Å². The molecule has 7 heteroatoms. The summed E-state index contributed by atoms with van der Waals surface area (Å²) >= 11 is 6.12. The number of rotatable bonds is 5. The van der Waals surface area contributed by atoms with E-state index in [1.54, 1.807) is 12.1 Å². The van der Waals surface area contributed by atoms with Crippen molar-refractivity contribution in [1.29, 1.82) is 0 Å². The lowest BCUT2D eigenvalue weighted by molar-refractivity contribution is -0.127. The standard InChI is InChI=1S/C22H24ClFN2O3/c23-18-4-3-5-19(24)17(18)13-26-10-8-15(9-11-26)22(27)25-12-16-14-28-20-6-1-2-7-21(20)29-16/h1-7,15-16H,8-14H2,(H,25,27)/t16-/m1/s1. The number of ether oxygens (including phenoxy) is 2. The SMILES string of the molecule is O=C(NC[C@@H]1COc2ccccc2O1)C1CCN(Cc2c(F)cccc2Cl)CC1. The van der Waals surface area contributed by atoms with E-state index in [0.717, 1.165) is 31.7 Å². The third-order valence-corrected chi connectivity index (χ3v) is 5.83. The molecule has 1 saturated heterocycles. The Balaban J connectivity index is 1.22. The van der Waals surface area contributed by atoms with Crippen LogP contribution in [0.4, 0.5) is 4.39 Å². The Morgan fingerprint density at radius 2 is 1.90 bits per heavy atom. The molecule has 2 aliphatic heterocycles. The fourth-order valence-electron chi connectivity index (χ4n) is 3.78. The van der Waals surface area contributed by atoms with Crippen LogP contribution in [0.3, 0.4) is 0 Å².